The van der Waals surface area contributed by atoms with Crippen molar-refractivity contribution in [2.45, 2.75) is 13.0 Å². The highest BCUT2D eigenvalue weighted by atomic mass is 32.1. The van der Waals surface area contributed by atoms with Crippen LogP contribution in [-0.2, 0) is 13.0 Å². The third kappa shape index (κ3) is 2.14. The minimum absolute atomic E-state index is 0.328. The van der Waals surface area contributed by atoms with Crippen LogP contribution in [0, 0.1) is 0 Å². The zero-order valence-corrected chi connectivity index (χ0v) is 10.1. The summed E-state index contributed by atoms with van der Waals surface area (Å²) >= 11 is 1.76. The maximum atomic E-state index is 5.60. The summed E-state index contributed by atoms with van der Waals surface area (Å²) in [6.45, 7) is 0.945. The van der Waals surface area contributed by atoms with E-state index in [9.17, 15) is 0 Å². The molecule has 88 valence electrons. The van der Waals surface area contributed by atoms with Crippen LogP contribution in [-0.4, -0.2) is 6.79 Å². The molecule has 2 N–H and O–H groups in total. The first-order chi connectivity index (χ1) is 8.35. The van der Waals surface area contributed by atoms with E-state index < -0.39 is 0 Å². The Labute approximate surface area is 104 Å². The van der Waals surface area contributed by atoms with Gasteiger partial charge in [-0.25, -0.2) is 0 Å². The van der Waals surface area contributed by atoms with Gasteiger partial charge in [0, 0.05) is 22.7 Å². The molecular formula is C13H13NO2S. The lowest BCUT2D eigenvalue weighted by atomic mass is 10.1. The summed E-state index contributed by atoms with van der Waals surface area (Å²) in [5.41, 5.74) is 6.84. The highest BCUT2D eigenvalue weighted by Gasteiger charge is 2.13. The number of rotatable bonds is 3. The molecule has 1 aliphatic heterocycles. The fraction of sp³-hybridized carbons (Fsp3) is 0.231. The minimum atomic E-state index is 0.328. The van der Waals surface area contributed by atoms with Crippen molar-refractivity contribution in [1.29, 1.82) is 0 Å². The molecule has 0 saturated carbocycles. The molecule has 0 bridgehead atoms. The lowest BCUT2D eigenvalue weighted by Crippen LogP contribution is -1.93. The second kappa shape index (κ2) is 4.39. The molecule has 0 aliphatic carbocycles. The average molecular weight is 247 g/mol. The second-order valence-electron chi connectivity index (χ2n) is 3.94. The highest BCUT2D eigenvalue weighted by Crippen LogP contribution is 2.33. The fourth-order valence-electron chi connectivity index (χ4n) is 1.88. The lowest BCUT2D eigenvalue weighted by molar-refractivity contribution is 0.174. The van der Waals surface area contributed by atoms with Crippen molar-refractivity contribution < 1.29 is 9.47 Å². The summed E-state index contributed by atoms with van der Waals surface area (Å²) in [5.74, 6) is 1.68. The topological polar surface area (TPSA) is 44.5 Å². The van der Waals surface area contributed by atoms with E-state index in [1.165, 1.54) is 15.3 Å². The first-order valence-corrected chi connectivity index (χ1v) is 6.33. The number of fused-ring (bicyclic) bond motifs is 1. The Hall–Kier alpha value is -1.52. The zero-order valence-electron chi connectivity index (χ0n) is 9.31. The molecule has 1 aliphatic rings. The number of ether oxygens (including phenoxy) is 2. The SMILES string of the molecule is NCc1ccc(Cc2ccc3c(c2)OCO3)s1. The third-order valence-electron chi connectivity index (χ3n) is 2.73. The summed E-state index contributed by atoms with van der Waals surface area (Å²) < 4.78 is 10.7. The number of hydrogen-bond acceptors (Lipinski definition) is 4. The van der Waals surface area contributed by atoms with Crippen molar-refractivity contribution in [3.05, 3.63) is 45.6 Å². The molecule has 0 spiro atoms. The molecular weight excluding hydrogens is 234 g/mol. The maximum Gasteiger partial charge on any atom is 0.231 e. The van der Waals surface area contributed by atoms with E-state index in [0.29, 0.717) is 13.3 Å². The predicted octanol–water partition coefficient (Wildman–Crippen LogP) is 2.53. The Morgan fingerprint density at radius 2 is 1.88 bits per heavy atom. The molecule has 4 heteroatoms. The van der Waals surface area contributed by atoms with Gasteiger partial charge in [0.2, 0.25) is 6.79 Å². The molecule has 3 rings (SSSR count). The molecule has 17 heavy (non-hydrogen) atoms. The summed E-state index contributed by atoms with van der Waals surface area (Å²) in [7, 11) is 0. The molecule has 0 unspecified atom stereocenters. The van der Waals surface area contributed by atoms with Gasteiger partial charge < -0.3 is 15.2 Å². The van der Waals surface area contributed by atoms with Crippen LogP contribution in [0.1, 0.15) is 15.3 Å². The van der Waals surface area contributed by atoms with E-state index in [0.717, 1.165) is 17.9 Å². The van der Waals surface area contributed by atoms with Crippen LogP contribution in [0.2, 0.25) is 0 Å². The van der Waals surface area contributed by atoms with Crippen LogP contribution in [0.3, 0.4) is 0 Å². The Morgan fingerprint density at radius 3 is 2.71 bits per heavy atom. The third-order valence-corrected chi connectivity index (χ3v) is 3.84. The standard InChI is InChI=1S/C13H13NO2S/c14-7-11-3-2-10(17-11)5-9-1-4-12-13(6-9)16-8-15-12/h1-4,6H,5,7-8,14H2. The van der Waals surface area contributed by atoms with Gasteiger partial charge in [-0.2, -0.15) is 0 Å². The van der Waals surface area contributed by atoms with Crippen molar-refractivity contribution in [3.63, 3.8) is 0 Å². The van der Waals surface area contributed by atoms with Crippen LogP contribution in [0.15, 0.2) is 30.3 Å². The van der Waals surface area contributed by atoms with Gasteiger partial charge in [0.25, 0.3) is 0 Å². The van der Waals surface area contributed by atoms with Crippen molar-refractivity contribution >= 4 is 11.3 Å². The Kier molecular flexibility index (Phi) is 2.74. The first-order valence-electron chi connectivity index (χ1n) is 5.51. The van der Waals surface area contributed by atoms with Crippen LogP contribution in [0.25, 0.3) is 0 Å². The van der Waals surface area contributed by atoms with Gasteiger partial charge in [-0.1, -0.05) is 6.07 Å². The van der Waals surface area contributed by atoms with E-state index in [-0.39, 0.29) is 0 Å². The summed E-state index contributed by atoms with van der Waals surface area (Å²) in [5, 5.41) is 0. The predicted molar refractivity (Wildman–Crippen MR) is 67.6 cm³/mol. The van der Waals surface area contributed by atoms with Crippen molar-refractivity contribution in [1.82, 2.24) is 0 Å². The minimum Gasteiger partial charge on any atom is -0.454 e. The highest BCUT2D eigenvalue weighted by molar-refractivity contribution is 7.12. The molecule has 1 aromatic carbocycles. The van der Waals surface area contributed by atoms with Crippen molar-refractivity contribution in [2.24, 2.45) is 5.73 Å². The largest absolute Gasteiger partial charge is 0.454 e. The normalized spacial score (nSPS) is 13.0. The smallest absolute Gasteiger partial charge is 0.231 e. The number of nitrogens with two attached hydrogens (primary N) is 1. The average Bonchev–Trinajstić information content (AvgIpc) is 2.96. The van der Waals surface area contributed by atoms with Crippen molar-refractivity contribution in [2.75, 3.05) is 6.79 Å². The maximum absolute atomic E-state index is 5.60. The van der Waals surface area contributed by atoms with Gasteiger partial charge in [-0.15, -0.1) is 11.3 Å². The summed E-state index contributed by atoms with van der Waals surface area (Å²) in [6.07, 6.45) is 0.918. The van der Waals surface area contributed by atoms with Gasteiger partial charge in [-0.05, 0) is 29.8 Å². The Morgan fingerprint density at radius 1 is 1.06 bits per heavy atom. The molecule has 0 amide bonds. The molecule has 0 saturated heterocycles. The molecule has 0 fully saturated rings. The zero-order chi connectivity index (χ0) is 11.7. The molecule has 2 heterocycles. The second-order valence-corrected chi connectivity index (χ2v) is 5.19. The van der Waals surface area contributed by atoms with E-state index >= 15 is 0 Å². The molecule has 2 aromatic rings. The monoisotopic (exact) mass is 247 g/mol. The Bertz CT molecular complexity index is 536. The first kappa shape index (κ1) is 10.6. The van der Waals surface area contributed by atoms with Crippen LogP contribution < -0.4 is 15.2 Å². The quantitative estimate of drug-likeness (QED) is 0.906. The van der Waals surface area contributed by atoms with Gasteiger partial charge in [-0.3, -0.25) is 0 Å². The molecule has 1 aromatic heterocycles. The van der Waals surface area contributed by atoms with E-state index in [1.807, 2.05) is 12.1 Å². The summed E-state index contributed by atoms with van der Waals surface area (Å²) in [6, 6.07) is 10.3. The fourth-order valence-corrected chi connectivity index (χ4v) is 2.81. The van der Waals surface area contributed by atoms with Crippen LogP contribution >= 0.6 is 11.3 Å². The molecule has 3 nitrogen and oxygen atoms in total. The van der Waals surface area contributed by atoms with Gasteiger partial charge in [0.15, 0.2) is 11.5 Å². The number of hydrogen-bond donors (Lipinski definition) is 1. The summed E-state index contributed by atoms with van der Waals surface area (Å²) in [4.78, 5) is 2.55. The van der Waals surface area contributed by atoms with E-state index in [1.54, 1.807) is 11.3 Å². The van der Waals surface area contributed by atoms with E-state index in [4.69, 9.17) is 15.2 Å². The van der Waals surface area contributed by atoms with Gasteiger partial charge in [0.05, 0.1) is 0 Å². The lowest BCUT2D eigenvalue weighted by Gasteiger charge is -2.01. The van der Waals surface area contributed by atoms with Crippen LogP contribution in [0.5, 0.6) is 11.5 Å². The van der Waals surface area contributed by atoms with E-state index in [2.05, 4.69) is 18.2 Å². The molecule has 0 radical (unpaired) electrons. The van der Waals surface area contributed by atoms with Gasteiger partial charge >= 0.3 is 0 Å². The number of thiophene rings is 1. The molecule has 0 atom stereocenters. The van der Waals surface area contributed by atoms with Crippen molar-refractivity contribution in [3.8, 4) is 11.5 Å². The van der Waals surface area contributed by atoms with Crippen LogP contribution in [0.4, 0.5) is 0 Å². The Balaban J connectivity index is 1.80. The van der Waals surface area contributed by atoms with Gasteiger partial charge in [0.1, 0.15) is 0 Å². The number of benzene rings is 1.